The molecule has 0 aliphatic carbocycles. The van der Waals surface area contributed by atoms with Crippen molar-refractivity contribution >= 4 is 22.6 Å². The molecule has 0 fully saturated rings. The molecule has 24 heavy (non-hydrogen) atoms. The maximum absolute atomic E-state index is 6.09. The summed E-state index contributed by atoms with van der Waals surface area (Å²) < 4.78 is 13.4. The molecule has 0 spiro atoms. The highest BCUT2D eigenvalue weighted by Crippen LogP contribution is 2.24. The summed E-state index contributed by atoms with van der Waals surface area (Å²) in [4.78, 5) is 4.69. The van der Waals surface area contributed by atoms with Crippen LogP contribution in [0.2, 0.25) is 5.02 Å². The molecule has 0 unspecified atom stereocenters. The van der Waals surface area contributed by atoms with Crippen molar-refractivity contribution in [2.45, 2.75) is 27.0 Å². The highest BCUT2D eigenvalue weighted by Gasteiger charge is 2.12. The largest absolute Gasteiger partial charge is 0.485 e. The second-order valence-corrected chi connectivity index (χ2v) is 6.23. The van der Waals surface area contributed by atoms with Gasteiger partial charge in [0.2, 0.25) is 0 Å². The van der Waals surface area contributed by atoms with Crippen LogP contribution in [0.3, 0.4) is 0 Å². The van der Waals surface area contributed by atoms with Gasteiger partial charge in [0.1, 0.15) is 18.2 Å². The third kappa shape index (κ3) is 3.40. The normalized spacial score (nSPS) is 11.2. The van der Waals surface area contributed by atoms with Gasteiger partial charge in [0, 0.05) is 18.7 Å². The zero-order valence-corrected chi connectivity index (χ0v) is 14.9. The van der Waals surface area contributed by atoms with Crippen molar-refractivity contribution < 1.29 is 9.47 Å². The topological polar surface area (TPSA) is 36.3 Å². The summed E-state index contributed by atoms with van der Waals surface area (Å²) in [5, 5.41) is 0.681. The zero-order valence-electron chi connectivity index (χ0n) is 14.2. The number of ether oxygens (including phenoxy) is 2. The lowest BCUT2D eigenvalue weighted by Gasteiger charge is -2.12. The molecule has 1 heterocycles. The number of methoxy groups -OCH3 is 1. The molecule has 0 aliphatic rings. The number of benzene rings is 2. The molecule has 0 radical (unpaired) electrons. The van der Waals surface area contributed by atoms with Gasteiger partial charge in [0.25, 0.3) is 0 Å². The van der Waals surface area contributed by atoms with Crippen molar-refractivity contribution in [3.8, 4) is 5.75 Å². The average molecular weight is 345 g/mol. The summed E-state index contributed by atoms with van der Waals surface area (Å²) in [5.41, 5.74) is 4.28. The summed E-state index contributed by atoms with van der Waals surface area (Å²) in [6.07, 6.45) is 0. The van der Waals surface area contributed by atoms with Gasteiger partial charge in [0.15, 0.2) is 0 Å². The number of imidazole rings is 1. The van der Waals surface area contributed by atoms with Gasteiger partial charge in [-0.3, -0.25) is 0 Å². The Morgan fingerprint density at radius 3 is 2.79 bits per heavy atom. The van der Waals surface area contributed by atoms with E-state index >= 15 is 0 Å². The fourth-order valence-electron chi connectivity index (χ4n) is 2.72. The molecule has 4 nitrogen and oxygen atoms in total. The summed E-state index contributed by atoms with van der Waals surface area (Å²) in [5.74, 6) is 1.75. The van der Waals surface area contributed by atoms with Crippen molar-refractivity contribution in [2.75, 3.05) is 13.7 Å². The number of hydrogen-bond acceptors (Lipinski definition) is 3. The Balaban J connectivity index is 1.91. The lowest BCUT2D eigenvalue weighted by molar-refractivity contribution is 0.185. The smallest absolute Gasteiger partial charge is 0.148 e. The molecule has 2 aromatic carbocycles. The maximum Gasteiger partial charge on any atom is 0.148 e. The minimum Gasteiger partial charge on any atom is -0.485 e. The number of rotatable bonds is 6. The van der Waals surface area contributed by atoms with Crippen LogP contribution in [0.25, 0.3) is 11.0 Å². The first-order valence-corrected chi connectivity index (χ1v) is 8.30. The first-order chi connectivity index (χ1) is 11.6. The molecule has 0 atom stereocenters. The van der Waals surface area contributed by atoms with Gasteiger partial charge in [-0.2, -0.15) is 0 Å². The van der Waals surface area contributed by atoms with Gasteiger partial charge in [-0.05, 0) is 49.2 Å². The van der Waals surface area contributed by atoms with E-state index in [1.54, 1.807) is 7.11 Å². The van der Waals surface area contributed by atoms with Gasteiger partial charge < -0.3 is 14.0 Å². The molecule has 0 N–H and O–H groups in total. The predicted molar refractivity (Wildman–Crippen MR) is 96.9 cm³/mol. The van der Waals surface area contributed by atoms with Crippen molar-refractivity contribution in [3.05, 3.63) is 58.4 Å². The molecule has 5 heteroatoms. The number of nitrogens with zero attached hydrogens (tertiary/aromatic N) is 2. The van der Waals surface area contributed by atoms with Crippen LogP contribution in [0.4, 0.5) is 0 Å². The maximum atomic E-state index is 6.09. The predicted octanol–water partition coefficient (Wildman–Crippen LogP) is 4.53. The highest BCUT2D eigenvalue weighted by atomic mass is 35.5. The van der Waals surface area contributed by atoms with Crippen molar-refractivity contribution in [3.63, 3.8) is 0 Å². The number of halogens is 1. The molecular formula is C19H21ClN2O2. The minimum absolute atomic E-state index is 0.403. The van der Waals surface area contributed by atoms with E-state index in [2.05, 4.69) is 24.5 Å². The number of hydrogen-bond donors (Lipinski definition) is 0. The van der Waals surface area contributed by atoms with E-state index in [1.165, 1.54) is 5.56 Å². The Morgan fingerprint density at radius 2 is 2.00 bits per heavy atom. The molecule has 0 bridgehead atoms. The van der Waals surface area contributed by atoms with E-state index in [4.69, 9.17) is 26.1 Å². The quantitative estimate of drug-likeness (QED) is 0.659. The molecule has 126 valence electrons. The van der Waals surface area contributed by atoms with Crippen LogP contribution in [-0.2, 0) is 17.9 Å². The zero-order chi connectivity index (χ0) is 17.1. The van der Waals surface area contributed by atoms with E-state index in [0.717, 1.165) is 34.7 Å². The van der Waals surface area contributed by atoms with Crippen LogP contribution in [0.5, 0.6) is 5.75 Å². The molecule has 3 rings (SSSR count). The van der Waals surface area contributed by atoms with Crippen LogP contribution in [0, 0.1) is 13.8 Å². The van der Waals surface area contributed by atoms with Crippen LogP contribution in [-0.4, -0.2) is 23.3 Å². The third-order valence-electron chi connectivity index (χ3n) is 4.22. The van der Waals surface area contributed by atoms with E-state index in [0.29, 0.717) is 18.2 Å². The van der Waals surface area contributed by atoms with Crippen LogP contribution in [0.1, 0.15) is 17.0 Å². The molecule has 3 aromatic rings. The van der Waals surface area contributed by atoms with Crippen LogP contribution < -0.4 is 4.74 Å². The number of fused-ring (bicyclic) bond motifs is 1. The SMILES string of the molecule is COCCn1c(COc2cccc(C)c2C)nc2cc(Cl)ccc21. The average Bonchev–Trinajstić information content (AvgIpc) is 2.90. The molecule has 0 saturated heterocycles. The Hall–Kier alpha value is -2.04. The summed E-state index contributed by atoms with van der Waals surface area (Å²) in [6, 6.07) is 11.8. The molecular weight excluding hydrogens is 324 g/mol. The molecule has 0 aliphatic heterocycles. The Morgan fingerprint density at radius 1 is 1.17 bits per heavy atom. The van der Waals surface area contributed by atoms with E-state index in [1.807, 2.05) is 30.3 Å². The first kappa shape index (κ1) is 16.8. The van der Waals surface area contributed by atoms with Crippen molar-refractivity contribution in [2.24, 2.45) is 0 Å². The Kier molecular flexibility index (Phi) is 5.07. The Bertz CT molecular complexity index is 858. The van der Waals surface area contributed by atoms with Gasteiger partial charge in [-0.15, -0.1) is 0 Å². The highest BCUT2D eigenvalue weighted by molar-refractivity contribution is 6.31. The van der Waals surface area contributed by atoms with Crippen LogP contribution >= 0.6 is 11.6 Å². The third-order valence-corrected chi connectivity index (χ3v) is 4.46. The first-order valence-electron chi connectivity index (χ1n) is 7.92. The lowest BCUT2D eigenvalue weighted by Crippen LogP contribution is -2.11. The standard InChI is InChI=1S/C19H21ClN2O2/c1-13-5-4-6-18(14(13)2)24-12-19-21-16-11-15(20)7-8-17(16)22(19)9-10-23-3/h4-8,11H,9-10,12H2,1-3H3. The second kappa shape index (κ2) is 7.24. The van der Waals surface area contributed by atoms with Gasteiger partial charge >= 0.3 is 0 Å². The monoisotopic (exact) mass is 344 g/mol. The fourth-order valence-corrected chi connectivity index (χ4v) is 2.88. The summed E-state index contributed by atoms with van der Waals surface area (Å²) in [6.45, 7) is 5.89. The molecule has 0 saturated carbocycles. The van der Waals surface area contributed by atoms with E-state index in [-0.39, 0.29) is 0 Å². The van der Waals surface area contributed by atoms with Gasteiger partial charge in [-0.25, -0.2) is 4.98 Å². The number of aryl methyl sites for hydroxylation is 1. The fraction of sp³-hybridized carbons (Fsp3) is 0.316. The summed E-state index contributed by atoms with van der Waals surface area (Å²) in [7, 11) is 1.70. The lowest BCUT2D eigenvalue weighted by atomic mass is 10.1. The van der Waals surface area contributed by atoms with Gasteiger partial charge in [0.05, 0.1) is 17.6 Å². The number of aromatic nitrogens is 2. The second-order valence-electron chi connectivity index (χ2n) is 5.79. The van der Waals surface area contributed by atoms with E-state index < -0.39 is 0 Å². The minimum atomic E-state index is 0.403. The van der Waals surface area contributed by atoms with Crippen molar-refractivity contribution in [1.29, 1.82) is 0 Å². The van der Waals surface area contributed by atoms with Crippen molar-refractivity contribution in [1.82, 2.24) is 9.55 Å². The summed E-state index contributed by atoms with van der Waals surface area (Å²) >= 11 is 6.09. The van der Waals surface area contributed by atoms with E-state index in [9.17, 15) is 0 Å². The Labute approximate surface area is 147 Å². The molecule has 1 aromatic heterocycles. The van der Waals surface area contributed by atoms with Crippen LogP contribution in [0.15, 0.2) is 36.4 Å². The van der Waals surface area contributed by atoms with Gasteiger partial charge in [-0.1, -0.05) is 23.7 Å². The molecule has 0 amide bonds.